The van der Waals surface area contributed by atoms with Gasteiger partial charge >= 0.3 is 5.97 Å². The summed E-state index contributed by atoms with van der Waals surface area (Å²) in [6, 6.07) is 0. The van der Waals surface area contributed by atoms with Crippen molar-refractivity contribution < 1.29 is 19.8 Å². The number of carbonyl (C=O) groups excluding carboxylic acids is 1. The zero-order valence-electron chi connectivity index (χ0n) is 6.37. The quantitative estimate of drug-likeness (QED) is 0.400. The molecule has 0 atom stereocenters. The molecule has 0 radical (unpaired) electrons. The third-order valence-corrected chi connectivity index (χ3v) is 1.51. The largest absolute Gasteiger partial charge is 0.503 e. The van der Waals surface area contributed by atoms with Gasteiger partial charge in [0, 0.05) is 6.08 Å². The van der Waals surface area contributed by atoms with Gasteiger partial charge in [-0.1, -0.05) is 0 Å². The zero-order valence-corrected chi connectivity index (χ0v) is 6.37. The number of rotatable bonds is 1. The fraction of sp³-hybridized carbons (Fsp3) is 0. The maximum Gasteiger partial charge on any atom is 0.341 e. The van der Waals surface area contributed by atoms with Gasteiger partial charge in [-0.05, 0) is 0 Å². The first-order valence-corrected chi connectivity index (χ1v) is 3.22. The molecule has 5 N–H and O–H groups in total. The number of carboxylic acid groups (broad SMARTS) is 1. The smallest absolute Gasteiger partial charge is 0.341 e. The average Bonchev–Trinajstić information content (AvgIpc) is 2.01. The van der Waals surface area contributed by atoms with Crippen molar-refractivity contribution in [3.63, 3.8) is 0 Å². The highest BCUT2D eigenvalue weighted by molar-refractivity contribution is 6.32. The Balaban J connectivity index is 3.31. The lowest BCUT2D eigenvalue weighted by Gasteiger charge is -2.11. The molecule has 0 aromatic carbocycles. The predicted molar refractivity (Wildman–Crippen MR) is 42.3 cm³/mol. The highest BCUT2D eigenvalue weighted by Gasteiger charge is 2.28. The summed E-state index contributed by atoms with van der Waals surface area (Å²) in [6.07, 6.45) is 0.810. The van der Waals surface area contributed by atoms with Crippen LogP contribution in [0.5, 0.6) is 0 Å². The maximum absolute atomic E-state index is 10.8. The Morgan fingerprint density at radius 2 is 2.08 bits per heavy atom. The molecular formula is C7H6N2O4. The van der Waals surface area contributed by atoms with Crippen LogP contribution >= 0.6 is 0 Å². The van der Waals surface area contributed by atoms with Crippen molar-refractivity contribution in [2.24, 2.45) is 5.73 Å². The molecule has 1 aliphatic carbocycles. The van der Waals surface area contributed by atoms with E-state index in [4.69, 9.17) is 21.4 Å². The molecule has 1 aliphatic rings. The van der Waals surface area contributed by atoms with E-state index in [0.29, 0.717) is 0 Å². The maximum atomic E-state index is 10.8. The van der Waals surface area contributed by atoms with Gasteiger partial charge in [0.2, 0.25) is 5.78 Å². The van der Waals surface area contributed by atoms with E-state index in [1.54, 1.807) is 0 Å². The summed E-state index contributed by atoms with van der Waals surface area (Å²) >= 11 is 0. The molecule has 0 fully saturated rings. The summed E-state index contributed by atoms with van der Waals surface area (Å²) in [5.41, 5.74) is 3.59. The number of hydrogen-bond donors (Lipinski definition) is 4. The minimum atomic E-state index is -1.55. The first-order valence-electron chi connectivity index (χ1n) is 3.22. The van der Waals surface area contributed by atoms with Crippen molar-refractivity contribution >= 4 is 17.5 Å². The number of nitrogens with one attached hydrogen (secondary N) is 1. The van der Waals surface area contributed by atoms with E-state index >= 15 is 0 Å². The molecule has 0 unspecified atom stereocenters. The van der Waals surface area contributed by atoms with Crippen LogP contribution in [0.2, 0.25) is 0 Å². The normalized spacial score (nSPS) is 17.4. The molecule has 0 saturated carbocycles. The highest BCUT2D eigenvalue weighted by Crippen LogP contribution is 2.14. The second-order valence-corrected chi connectivity index (χ2v) is 2.37. The Hall–Kier alpha value is -2.11. The molecule has 0 saturated heterocycles. The number of carboxylic acids is 1. The van der Waals surface area contributed by atoms with Gasteiger partial charge in [0.05, 0.1) is 11.4 Å². The SMILES string of the molecule is N=C1C(N)=CC(=O)C(O)=C1C(=O)O. The van der Waals surface area contributed by atoms with Gasteiger partial charge in [-0.3, -0.25) is 10.2 Å². The zero-order chi connectivity index (χ0) is 10.2. The van der Waals surface area contributed by atoms with Crippen molar-refractivity contribution in [3.8, 4) is 0 Å². The summed E-state index contributed by atoms with van der Waals surface area (Å²) < 4.78 is 0. The topological polar surface area (TPSA) is 124 Å². The Morgan fingerprint density at radius 1 is 1.54 bits per heavy atom. The minimum absolute atomic E-state index is 0.264. The van der Waals surface area contributed by atoms with Gasteiger partial charge in [0.25, 0.3) is 0 Å². The Bertz CT molecular complexity index is 378. The monoisotopic (exact) mass is 182 g/mol. The first-order chi connectivity index (χ1) is 5.95. The van der Waals surface area contributed by atoms with E-state index in [0.717, 1.165) is 6.08 Å². The molecule has 0 bridgehead atoms. The summed E-state index contributed by atoms with van der Waals surface area (Å²) in [6.45, 7) is 0. The molecule has 0 heterocycles. The van der Waals surface area contributed by atoms with E-state index < -0.39 is 28.8 Å². The van der Waals surface area contributed by atoms with E-state index in [9.17, 15) is 9.59 Å². The third kappa shape index (κ3) is 1.28. The van der Waals surface area contributed by atoms with Crippen LogP contribution in [0, 0.1) is 5.41 Å². The number of carbonyl (C=O) groups is 2. The second kappa shape index (κ2) is 2.74. The molecule has 1 rings (SSSR count). The molecule has 13 heavy (non-hydrogen) atoms. The highest BCUT2D eigenvalue weighted by atomic mass is 16.4. The summed E-state index contributed by atoms with van der Waals surface area (Å²) in [4.78, 5) is 21.3. The van der Waals surface area contributed by atoms with Gasteiger partial charge in [-0.15, -0.1) is 0 Å². The molecular weight excluding hydrogens is 176 g/mol. The lowest BCUT2D eigenvalue weighted by atomic mass is 9.98. The molecule has 0 amide bonds. The molecule has 0 spiro atoms. The standard InChI is InChI=1S/C7H6N2O4/c8-2-1-3(10)6(11)4(5(2)9)7(12)13/h1,9,11H,8H2,(H,12,13). The predicted octanol–water partition coefficient (Wildman–Crippen LogP) is -0.672. The van der Waals surface area contributed by atoms with Gasteiger partial charge < -0.3 is 15.9 Å². The van der Waals surface area contributed by atoms with Crippen LogP contribution in [0.3, 0.4) is 0 Å². The molecule has 68 valence electrons. The fourth-order valence-corrected chi connectivity index (χ4v) is 0.876. The Kier molecular flexibility index (Phi) is 1.89. The van der Waals surface area contributed by atoms with Gasteiger partial charge in [0.1, 0.15) is 5.57 Å². The number of aliphatic carboxylic acids is 1. The lowest BCUT2D eigenvalue weighted by molar-refractivity contribution is -0.132. The number of aliphatic hydroxyl groups excluding tert-OH is 1. The molecule has 6 nitrogen and oxygen atoms in total. The van der Waals surface area contributed by atoms with Crippen LogP contribution < -0.4 is 5.73 Å². The third-order valence-electron chi connectivity index (χ3n) is 1.51. The summed E-state index contributed by atoms with van der Waals surface area (Å²) in [7, 11) is 0. The summed E-state index contributed by atoms with van der Waals surface area (Å²) in [5, 5.41) is 24.7. The van der Waals surface area contributed by atoms with Crippen molar-refractivity contribution in [1.29, 1.82) is 5.41 Å². The van der Waals surface area contributed by atoms with Crippen LogP contribution in [0.4, 0.5) is 0 Å². The lowest BCUT2D eigenvalue weighted by Crippen LogP contribution is -2.27. The van der Waals surface area contributed by atoms with E-state index in [2.05, 4.69) is 0 Å². The number of hydrogen-bond acceptors (Lipinski definition) is 5. The van der Waals surface area contributed by atoms with E-state index in [1.165, 1.54) is 0 Å². The van der Waals surface area contributed by atoms with Crippen LogP contribution in [-0.4, -0.2) is 27.7 Å². The van der Waals surface area contributed by atoms with Crippen LogP contribution in [0.15, 0.2) is 23.1 Å². The molecule has 0 aromatic rings. The van der Waals surface area contributed by atoms with E-state index in [-0.39, 0.29) is 5.70 Å². The Labute approximate surface area is 72.5 Å². The van der Waals surface area contributed by atoms with Crippen molar-refractivity contribution in [2.45, 2.75) is 0 Å². The molecule has 6 heteroatoms. The van der Waals surface area contributed by atoms with Gasteiger partial charge in [-0.25, -0.2) is 4.79 Å². The van der Waals surface area contributed by atoms with Crippen LogP contribution in [0.25, 0.3) is 0 Å². The molecule has 0 aliphatic heterocycles. The summed E-state index contributed by atoms with van der Waals surface area (Å²) in [5.74, 6) is -3.40. The van der Waals surface area contributed by atoms with Crippen LogP contribution in [-0.2, 0) is 9.59 Å². The van der Waals surface area contributed by atoms with Crippen molar-refractivity contribution in [1.82, 2.24) is 0 Å². The van der Waals surface area contributed by atoms with Crippen molar-refractivity contribution in [3.05, 3.63) is 23.1 Å². The minimum Gasteiger partial charge on any atom is -0.503 e. The number of aliphatic hydroxyl groups is 1. The Morgan fingerprint density at radius 3 is 2.54 bits per heavy atom. The fourth-order valence-electron chi connectivity index (χ4n) is 0.876. The first kappa shape index (κ1) is 8.98. The second-order valence-electron chi connectivity index (χ2n) is 2.37. The molecule has 0 aromatic heterocycles. The van der Waals surface area contributed by atoms with Crippen molar-refractivity contribution in [2.75, 3.05) is 0 Å². The average molecular weight is 182 g/mol. The number of nitrogens with two attached hydrogens (primary N) is 1. The van der Waals surface area contributed by atoms with Crippen LogP contribution in [0.1, 0.15) is 0 Å². The van der Waals surface area contributed by atoms with Gasteiger partial charge in [0.15, 0.2) is 5.76 Å². The van der Waals surface area contributed by atoms with Gasteiger partial charge in [-0.2, -0.15) is 0 Å². The number of ketones is 1. The van der Waals surface area contributed by atoms with E-state index in [1.807, 2.05) is 0 Å². The number of allylic oxidation sites excluding steroid dienone is 2.